The Morgan fingerprint density at radius 1 is 0.595 bits per heavy atom. The first-order valence-corrected chi connectivity index (χ1v) is 23.9. The fourth-order valence-corrected chi connectivity index (χ4v) is 21.5. The van der Waals surface area contributed by atoms with Gasteiger partial charge in [-0.3, -0.25) is 0 Å². The maximum atomic E-state index is 7.83. The molecule has 3 heteroatoms. The van der Waals surface area contributed by atoms with Crippen LogP contribution >= 0.6 is 17.0 Å². The molecule has 2 unspecified atom stereocenters. The number of hydrogen-bond donors (Lipinski definition) is 0. The molecule has 0 nitrogen and oxygen atoms in total. The van der Waals surface area contributed by atoms with Crippen molar-refractivity contribution in [2.75, 3.05) is 0 Å². The fourth-order valence-electron chi connectivity index (χ4n) is 6.84. The standard InChI is InChI=1S/2C17H23.2ClH.Zr/c2*1-4-5-6-7-8-15-10-9-14(3)16-11-13(2)12-17(15)16;;;/h2*9-12H,4-8H2,1-3H3;2*1H;/q;;;;+2/p-2. The van der Waals surface area contributed by atoms with Crippen LogP contribution in [0.15, 0.2) is 35.4 Å². The molecule has 0 aliphatic heterocycles. The molecular formula is C34H46Cl2Zr. The summed E-state index contributed by atoms with van der Waals surface area (Å²) < 4.78 is 0.408. The summed E-state index contributed by atoms with van der Waals surface area (Å²) in [4.78, 5) is 0. The summed E-state index contributed by atoms with van der Waals surface area (Å²) in [6.07, 6.45) is 17.5. The molecule has 2 aromatic rings. The van der Waals surface area contributed by atoms with Crippen LogP contribution in [0.1, 0.15) is 131 Å². The molecule has 37 heavy (non-hydrogen) atoms. The van der Waals surface area contributed by atoms with Crippen LogP contribution in [0.25, 0.3) is 12.2 Å². The van der Waals surface area contributed by atoms with E-state index in [4.69, 9.17) is 17.0 Å². The summed E-state index contributed by atoms with van der Waals surface area (Å²) in [6, 6.07) is 9.37. The van der Waals surface area contributed by atoms with Crippen LogP contribution in [0.5, 0.6) is 0 Å². The van der Waals surface area contributed by atoms with Gasteiger partial charge in [-0.15, -0.1) is 0 Å². The van der Waals surface area contributed by atoms with Gasteiger partial charge in [0, 0.05) is 0 Å². The number of aryl methyl sites for hydroxylation is 4. The molecule has 0 saturated heterocycles. The van der Waals surface area contributed by atoms with Crippen molar-refractivity contribution in [2.24, 2.45) is 0 Å². The van der Waals surface area contributed by atoms with E-state index >= 15 is 0 Å². The molecule has 0 amide bonds. The van der Waals surface area contributed by atoms with E-state index in [9.17, 15) is 0 Å². The van der Waals surface area contributed by atoms with Crippen molar-refractivity contribution in [1.82, 2.24) is 0 Å². The van der Waals surface area contributed by atoms with Gasteiger partial charge in [-0.1, -0.05) is 0 Å². The molecule has 2 aromatic carbocycles. The second-order valence-corrected chi connectivity index (χ2v) is 26.4. The monoisotopic (exact) mass is 614 g/mol. The van der Waals surface area contributed by atoms with Gasteiger partial charge in [-0.25, -0.2) is 0 Å². The number of rotatable bonds is 12. The van der Waals surface area contributed by atoms with Gasteiger partial charge in [0.05, 0.1) is 0 Å². The van der Waals surface area contributed by atoms with E-state index in [2.05, 4.69) is 78.0 Å². The van der Waals surface area contributed by atoms with Crippen LogP contribution in [-0.2, 0) is 30.7 Å². The topological polar surface area (TPSA) is 0 Å². The Labute approximate surface area is 238 Å². The normalized spacial score (nSPS) is 18.6. The summed E-state index contributed by atoms with van der Waals surface area (Å²) in [7, 11) is 15.7. The molecule has 2 aliphatic carbocycles. The molecule has 0 spiro atoms. The predicted octanol–water partition coefficient (Wildman–Crippen LogP) is 11.6. The Kier molecular flexibility index (Phi) is 10.1. The average molecular weight is 617 g/mol. The summed E-state index contributed by atoms with van der Waals surface area (Å²) in [5, 5.41) is 0. The zero-order valence-corrected chi connectivity index (χ0v) is 27.9. The van der Waals surface area contributed by atoms with E-state index in [1.54, 1.807) is 0 Å². The van der Waals surface area contributed by atoms with Crippen molar-refractivity contribution in [3.8, 4) is 0 Å². The average Bonchev–Trinajstić information content (AvgIpc) is 3.41. The first-order valence-electron chi connectivity index (χ1n) is 14.7. The van der Waals surface area contributed by atoms with Gasteiger partial charge in [0.1, 0.15) is 0 Å². The van der Waals surface area contributed by atoms with Crippen molar-refractivity contribution < 1.29 is 17.9 Å². The summed E-state index contributed by atoms with van der Waals surface area (Å²) in [6.45, 7) is 13.7. The fraction of sp³-hybridized carbons (Fsp3) is 0.529. The van der Waals surface area contributed by atoms with Crippen LogP contribution in [0.3, 0.4) is 0 Å². The van der Waals surface area contributed by atoms with Crippen molar-refractivity contribution in [2.45, 2.75) is 113 Å². The summed E-state index contributed by atoms with van der Waals surface area (Å²) >= 11 is -3.83. The number of hydrogen-bond acceptors (Lipinski definition) is 0. The minimum absolute atomic E-state index is 0.204. The predicted molar refractivity (Wildman–Crippen MR) is 163 cm³/mol. The second kappa shape index (κ2) is 12.7. The Hall–Kier alpha value is -0.617. The van der Waals surface area contributed by atoms with E-state index in [1.807, 2.05) is 0 Å². The quantitative estimate of drug-likeness (QED) is 0.208. The van der Waals surface area contributed by atoms with Gasteiger partial charge in [-0.05, 0) is 0 Å². The van der Waals surface area contributed by atoms with E-state index in [-0.39, 0.29) is 7.25 Å². The minimum atomic E-state index is -3.83. The molecule has 0 heterocycles. The van der Waals surface area contributed by atoms with Crippen LogP contribution in [0.4, 0.5) is 0 Å². The molecule has 0 N–H and O–H groups in total. The third kappa shape index (κ3) is 5.95. The van der Waals surface area contributed by atoms with Crippen LogP contribution in [0, 0.1) is 13.8 Å². The molecule has 0 aromatic heterocycles. The van der Waals surface area contributed by atoms with Crippen LogP contribution in [-0.4, -0.2) is 0 Å². The van der Waals surface area contributed by atoms with Crippen LogP contribution in [0.2, 0.25) is 0 Å². The van der Waals surface area contributed by atoms with Crippen molar-refractivity contribution in [3.05, 3.63) is 79.9 Å². The molecule has 0 fully saturated rings. The third-order valence-electron chi connectivity index (χ3n) is 8.79. The molecule has 4 rings (SSSR count). The number of allylic oxidation sites excluding steroid dienone is 2. The molecule has 0 radical (unpaired) electrons. The third-order valence-corrected chi connectivity index (χ3v) is 21.4. The van der Waals surface area contributed by atoms with E-state index < -0.39 is 17.9 Å². The number of benzene rings is 2. The van der Waals surface area contributed by atoms with Gasteiger partial charge in [0.15, 0.2) is 0 Å². The molecule has 2 aliphatic rings. The van der Waals surface area contributed by atoms with Gasteiger partial charge < -0.3 is 0 Å². The Balaban J connectivity index is 1.70. The van der Waals surface area contributed by atoms with Gasteiger partial charge in [0.25, 0.3) is 0 Å². The van der Waals surface area contributed by atoms with E-state index in [0.29, 0.717) is 0 Å². The Morgan fingerprint density at radius 2 is 1.00 bits per heavy atom. The Morgan fingerprint density at radius 3 is 1.38 bits per heavy atom. The van der Waals surface area contributed by atoms with Gasteiger partial charge >= 0.3 is 240 Å². The number of fused-ring (bicyclic) bond motifs is 2. The summed E-state index contributed by atoms with van der Waals surface area (Å²) in [5.74, 6) is 0. The Bertz CT molecular complexity index is 1100. The number of unbranched alkanes of at least 4 members (excludes halogenated alkanes) is 6. The zero-order valence-electron chi connectivity index (χ0n) is 23.9. The van der Waals surface area contributed by atoms with Gasteiger partial charge in [-0.2, -0.15) is 0 Å². The zero-order chi connectivity index (χ0) is 26.7. The second-order valence-electron chi connectivity index (χ2n) is 11.7. The maximum absolute atomic E-state index is 7.83. The first-order chi connectivity index (χ1) is 17.7. The SMILES string of the molecule is CCCCCCc1ccc(C)c2c1C=C(C)[CH]2[Zr]([Cl])([Cl])[CH]1C(C)=Cc2c(CCCCCC)ccc(C)c21. The molecule has 200 valence electrons. The van der Waals surface area contributed by atoms with E-state index in [0.717, 1.165) is 12.8 Å². The van der Waals surface area contributed by atoms with Crippen molar-refractivity contribution in [1.29, 1.82) is 0 Å². The molecule has 0 bridgehead atoms. The van der Waals surface area contributed by atoms with Crippen molar-refractivity contribution in [3.63, 3.8) is 0 Å². The molecule has 2 atom stereocenters. The molecular weight excluding hydrogens is 571 g/mol. The van der Waals surface area contributed by atoms with Gasteiger partial charge in [0.2, 0.25) is 0 Å². The summed E-state index contributed by atoms with van der Waals surface area (Å²) in [5.41, 5.74) is 14.2. The number of halogens is 2. The molecule has 0 saturated carbocycles. The van der Waals surface area contributed by atoms with Crippen LogP contribution < -0.4 is 0 Å². The van der Waals surface area contributed by atoms with E-state index in [1.165, 1.54) is 107 Å². The first kappa shape index (κ1) is 29.4. The van der Waals surface area contributed by atoms with Crippen molar-refractivity contribution >= 4 is 29.2 Å².